The van der Waals surface area contributed by atoms with E-state index in [9.17, 15) is 4.79 Å². The minimum Gasteiger partial charge on any atom is -0.321 e. The van der Waals surface area contributed by atoms with Crippen molar-refractivity contribution in [3.63, 3.8) is 0 Å². The van der Waals surface area contributed by atoms with Gasteiger partial charge in [0.2, 0.25) is 0 Å². The Morgan fingerprint density at radius 2 is 2.16 bits per heavy atom. The first-order chi connectivity index (χ1) is 8.88. The van der Waals surface area contributed by atoms with Crippen LogP contribution in [0.15, 0.2) is 18.3 Å². The molecule has 0 spiro atoms. The van der Waals surface area contributed by atoms with Gasteiger partial charge in [-0.3, -0.25) is 4.79 Å². The summed E-state index contributed by atoms with van der Waals surface area (Å²) in [5, 5.41) is 7.13. The number of carbonyl (C=O) groups excluding carboxylic acids is 1. The molecule has 2 heterocycles. The molecule has 0 aliphatic carbocycles. The van der Waals surface area contributed by atoms with Gasteiger partial charge in [-0.1, -0.05) is 36.9 Å². The number of pyridine rings is 1. The highest BCUT2D eigenvalue weighted by molar-refractivity contribution is 7.08. The standard InChI is InChI=1S/C12H13ClN4OS/c1-12(2,3)10-9(19-17-16-10)11(18)15-7-4-5-14-8(13)6-7/h4-6H,1-3H3,(H,14,15,18). The Kier molecular flexibility index (Phi) is 3.82. The van der Waals surface area contributed by atoms with E-state index >= 15 is 0 Å². The quantitative estimate of drug-likeness (QED) is 0.865. The lowest BCUT2D eigenvalue weighted by molar-refractivity contribution is 0.102. The lowest BCUT2D eigenvalue weighted by Gasteiger charge is -2.16. The van der Waals surface area contributed by atoms with E-state index in [1.54, 1.807) is 12.1 Å². The van der Waals surface area contributed by atoms with Crippen LogP contribution in [0.25, 0.3) is 0 Å². The number of rotatable bonds is 2. The van der Waals surface area contributed by atoms with Crippen LogP contribution < -0.4 is 5.32 Å². The van der Waals surface area contributed by atoms with Crippen LogP contribution in [-0.4, -0.2) is 20.5 Å². The normalized spacial score (nSPS) is 11.4. The molecule has 19 heavy (non-hydrogen) atoms. The van der Waals surface area contributed by atoms with Crippen molar-refractivity contribution in [2.45, 2.75) is 26.2 Å². The van der Waals surface area contributed by atoms with Crippen molar-refractivity contribution in [3.05, 3.63) is 34.1 Å². The second-order valence-electron chi connectivity index (χ2n) is 5.02. The maximum Gasteiger partial charge on any atom is 0.269 e. The molecular weight excluding hydrogens is 284 g/mol. The fraction of sp³-hybridized carbons (Fsp3) is 0.333. The van der Waals surface area contributed by atoms with Gasteiger partial charge < -0.3 is 5.32 Å². The second kappa shape index (κ2) is 5.22. The van der Waals surface area contributed by atoms with E-state index in [1.165, 1.54) is 6.20 Å². The molecule has 0 aromatic carbocycles. The van der Waals surface area contributed by atoms with E-state index in [4.69, 9.17) is 11.6 Å². The van der Waals surface area contributed by atoms with Crippen LogP contribution in [0.3, 0.4) is 0 Å². The van der Waals surface area contributed by atoms with Gasteiger partial charge in [-0.05, 0) is 23.7 Å². The molecule has 1 N–H and O–H groups in total. The predicted molar refractivity (Wildman–Crippen MR) is 75.8 cm³/mol. The molecular formula is C12H13ClN4OS. The van der Waals surface area contributed by atoms with E-state index in [1.807, 2.05) is 20.8 Å². The highest BCUT2D eigenvalue weighted by atomic mass is 35.5. The van der Waals surface area contributed by atoms with Crippen LogP contribution in [0.4, 0.5) is 5.69 Å². The number of halogens is 1. The molecule has 5 nitrogen and oxygen atoms in total. The third-order valence-electron chi connectivity index (χ3n) is 2.39. The van der Waals surface area contributed by atoms with Gasteiger partial charge in [-0.25, -0.2) is 4.98 Å². The van der Waals surface area contributed by atoms with Gasteiger partial charge in [0.15, 0.2) is 0 Å². The van der Waals surface area contributed by atoms with E-state index < -0.39 is 0 Å². The summed E-state index contributed by atoms with van der Waals surface area (Å²) < 4.78 is 3.86. The zero-order valence-corrected chi connectivity index (χ0v) is 12.3. The first-order valence-electron chi connectivity index (χ1n) is 5.63. The minimum absolute atomic E-state index is 0.227. The molecule has 1 amide bonds. The molecule has 0 bridgehead atoms. The Bertz CT molecular complexity index is 606. The van der Waals surface area contributed by atoms with Gasteiger partial charge in [0.05, 0.1) is 5.69 Å². The molecule has 0 saturated carbocycles. The molecule has 2 aromatic rings. The number of carbonyl (C=O) groups is 1. The maximum atomic E-state index is 12.2. The zero-order valence-electron chi connectivity index (χ0n) is 10.8. The SMILES string of the molecule is CC(C)(C)c1nnsc1C(=O)Nc1ccnc(Cl)c1. The summed E-state index contributed by atoms with van der Waals surface area (Å²) in [5.74, 6) is -0.234. The highest BCUT2D eigenvalue weighted by Gasteiger charge is 2.26. The fourth-order valence-corrected chi connectivity index (χ4v) is 2.44. The van der Waals surface area contributed by atoms with Crippen molar-refractivity contribution in [3.8, 4) is 0 Å². The molecule has 2 rings (SSSR count). The fourth-order valence-electron chi connectivity index (χ4n) is 1.50. The largest absolute Gasteiger partial charge is 0.321 e. The van der Waals surface area contributed by atoms with E-state index in [-0.39, 0.29) is 11.3 Å². The first kappa shape index (κ1) is 13.9. The highest BCUT2D eigenvalue weighted by Crippen LogP contribution is 2.26. The average Bonchev–Trinajstić information content (AvgIpc) is 2.77. The van der Waals surface area contributed by atoms with Crippen LogP contribution >= 0.6 is 23.1 Å². The number of nitrogens with one attached hydrogen (secondary N) is 1. The molecule has 100 valence electrons. The van der Waals surface area contributed by atoms with Crippen molar-refractivity contribution < 1.29 is 4.79 Å². The van der Waals surface area contributed by atoms with Crippen molar-refractivity contribution in [1.29, 1.82) is 0 Å². The van der Waals surface area contributed by atoms with E-state index in [0.29, 0.717) is 21.4 Å². The monoisotopic (exact) mass is 296 g/mol. The number of nitrogens with zero attached hydrogens (tertiary/aromatic N) is 3. The predicted octanol–water partition coefficient (Wildman–Crippen LogP) is 3.14. The van der Waals surface area contributed by atoms with Gasteiger partial charge in [-0.2, -0.15) is 0 Å². The Balaban J connectivity index is 2.24. The molecule has 0 unspecified atom stereocenters. The van der Waals surface area contributed by atoms with E-state index in [2.05, 4.69) is 19.9 Å². The van der Waals surface area contributed by atoms with E-state index in [0.717, 1.165) is 11.5 Å². The number of aromatic nitrogens is 3. The maximum absolute atomic E-state index is 12.2. The lowest BCUT2D eigenvalue weighted by Crippen LogP contribution is -2.19. The lowest BCUT2D eigenvalue weighted by atomic mass is 9.91. The summed E-state index contributed by atoms with van der Waals surface area (Å²) in [6.45, 7) is 5.97. The van der Waals surface area contributed by atoms with Crippen molar-refractivity contribution in [2.75, 3.05) is 5.32 Å². The molecule has 2 aromatic heterocycles. The Labute approximate surface area is 120 Å². The molecule has 0 saturated heterocycles. The van der Waals surface area contributed by atoms with Crippen molar-refractivity contribution >= 4 is 34.7 Å². The molecule has 0 radical (unpaired) electrons. The van der Waals surface area contributed by atoms with Crippen LogP contribution in [0.1, 0.15) is 36.1 Å². The smallest absolute Gasteiger partial charge is 0.269 e. The molecule has 7 heteroatoms. The number of anilines is 1. The molecule has 0 fully saturated rings. The van der Waals surface area contributed by atoms with Gasteiger partial charge >= 0.3 is 0 Å². The topological polar surface area (TPSA) is 67.8 Å². The number of amides is 1. The van der Waals surface area contributed by atoms with Crippen LogP contribution in [-0.2, 0) is 5.41 Å². The third kappa shape index (κ3) is 3.27. The van der Waals surface area contributed by atoms with Crippen molar-refractivity contribution in [2.24, 2.45) is 0 Å². The summed E-state index contributed by atoms with van der Waals surface area (Å²) in [6, 6.07) is 3.26. The third-order valence-corrected chi connectivity index (χ3v) is 3.32. The Hall–Kier alpha value is -1.53. The van der Waals surface area contributed by atoms with Gasteiger partial charge in [0.1, 0.15) is 10.0 Å². The molecule has 0 aliphatic heterocycles. The molecule has 0 aliphatic rings. The summed E-state index contributed by atoms with van der Waals surface area (Å²) in [6.07, 6.45) is 1.54. The van der Waals surface area contributed by atoms with Gasteiger partial charge in [0, 0.05) is 17.3 Å². The number of hydrogen-bond donors (Lipinski definition) is 1. The number of hydrogen-bond acceptors (Lipinski definition) is 5. The average molecular weight is 297 g/mol. The Morgan fingerprint density at radius 1 is 1.42 bits per heavy atom. The van der Waals surface area contributed by atoms with Crippen LogP contribution in [0, 0.1) is 0 Å². The van der Waals surface area contributed by atoms with Crippen LogP contribution in [0.2, 0.25) is 5.15 Å². The summed E-state index contributed by atoms with van der Waals surface area (Å²) >= 11 is 6.86. The van der Waals surface area contributed by atoms with Gasteiger partial charge in [-0.15, -0.1) is 5.10 Å². The summed E-state index contributed by atoms with van der Waals surface area (Å²) in [5.41, 5.74) is 1.06. The first-order valence-corrected chi connectivity index (χ1v) is 6.79. The summed E-state index contributed by atoms with van der Waals surface area (Å²) in [4.78, 5) is 16.6. The zero-order chi connectivity index (χ0) is 14.0. The Morgan fingerprint density at radius 3 is 2.79 bits per heavy atom. The van der Waals surface area contributed by atoms with Crippen LogP contribution in [0.5, 0.6) is 0 Å². The van der Waals surface area contributed by atoms with Crippen molar-refractivity contribution in [1.82, 2.24) is 14.6 Å². The molecule has 0 atom stereocenters. The second-order valence-corrected chi connectivity index (χ2v) is 6.16. The van der Waals surface area contributed by atoms with Gasteiger partial charge in [0.25, 0.3) is 5.91 Å². The summed E-state index contributed by atoms with van der Waals surface area (Å²) in [7, 11) is 0. The minimum atomic E-state index is -0.234.